The zero-order chi connectivity index (χ0) is 14.7. The van der Waals surface area contributed by atoms with Gasteiger partial charge >= 0.3 is 0 Å². The molecule has 20 heavy (non-hydrogen) atoms. The molecule has 0 spiro atoms. The first kappa shape index (κ1) is 15.5. The molecule has 1 aliphatic rings. The van der Waals surface area contributed by atoms with E-state index in [1.807, 2.05) is 11.7 Å². The molecule has 1 N–H and O–H groups in total. The smallest absolute Gasteiger partial charge is 0.0641 e. The van der Waals surface area contributed by atoms with Gasteiger partial charge in [0.2, 0.25) is 0 Å². The molecule has 0 saturated carbocycles. The van der Waals surface area contributed by atoms with Crippen molar-refractivity contribution in [2.24, 2.45) is 13.0 Å². The van der Waals surface area contributed by atoms with E-state index in [2.05, 4.69) is 49.3 Å². The molecule has 4 nitrogen and oxygen atoms in total. The number of rotatable bonds is 4. The van der Waals surface area contributed by atoms with Crippen LogP contribution in [0.2, 0.25) is 0 Å². The van der Waals surface area contributed by atoms with Crippen LogP contribution in [0.15, 0.2) is 6.20 Å². The second-order valence-corrected chi connectivity index (χ2v) is 6.59. The summed E-state index contributed by atoms with van der Waals surface area (Å²) in [4.78, 5) is 2.53. The van der Waals surface area contributed by atoms with Gasteiger partial charge in [-0.1, -0.05) is 20.3 Å². The highest BCUT2D eigenvalue weighted by molar-refractivity contribution is 5.21. The minimum absolute atomic E-state index is 0.498. The standard InChI is InChI=1S/C16H30N4/c1-12(2)17-10-14-8-6-7-9-19(4)16(14)15-11-20(5)18-13(15)3/h11-12,14,16-17H,6-10H2,1-5H3. The number of nitrogens with zero attached hydrogens (tertiary/aromatic N) is 3. The molecule has 1 aromatic heterocycles. The van der Waals surface area contributed by atoms with E-state index in [0.29, 0.717) is 18.0 Å². The monoisotopic (exact) mass is 278 g/mol. The van der Waals surface area contributed by atoms with Gasteiger partial charge in [-0.3, -0.25) is 9.58 Å². The highest BCUT2D eigenvalue weighted by Gasteiger charge is 2.31. The third-order valence-corrected chi connectivity index (χ3v) is 4.42. The predicted molar refractivity (Wildman–Crippen MR) is 83.8 cm³/mol. The van der Waals surface area contributed by atoms with Gasteiger partial charge in [-0.15, -0.1) is 0 Å². The maximum Gasteiger partial charge on any atom is 0.0641 e. The first-order valence-electron chi connectivity index (χ1n) is 7.92. The van der Waals surface area contributed by atoms with Gasteiger partial charge < -0.3 is 5.32 Å². The van der Waals surface area contributed by atoms with Crippen molar-refractivity contribution in [3.8, 4) is 0 Å². The molecule has 0 radical (unpaired) electrons. The van der Waals surface area contributed by atoms with Crippen LogP contribution in [0.3, 0.4) is 0 Å². The van der Waals surface area contributed by atoms with E-state index in [0.717, 1.165) is 6.54 Å². The molecule has 1 saturated heterocycles. The lowest BCUT2D eigenvalue weighted by Crippen LogP contribution is -2.37. The third-order valence-electron chi connectivity index (χ3n) is 4.42. The topological polar surface area (TPSA) is 33.1 Å². The number of hydrogen-bond donors (Lipinski definition) is 1. The molecule has 1 aliphatic heterocycles. The van der Waals surface area contributed by atoms with Crippen molar-refractivity contribution in [3.05, 3.63) is 17.5 Å². The van der Waals surface area contributed by atoms with Crippen LogP contribution in [0, 0.1) is 12.8 Å². The Morgan fingerprint density at radius 1 is 1.35 bits per heavy atom. The zero-order valence-electron chi connectivity index (χ0n) is 13.7. The van der Waals surface area contributed by atoms with Crippen LogP contribution in [0.25, 0.3) is 0 Å². The molecular formula is C16H30N4. The largest absolute Gasteiger partial charge is 0.314 e. The van der Waals surface area contributed by atoms with E-state index in [1.54, 1.807) is 0 Å². The first-order valence-corrected chi connectivity index (χ1v) is 7.92. The van der Waals surface area contributed by atoms with Crippen LogP contribution in [0.1, 0.15) is 50.4 Å². The fraction of sp³-hybridized carbons (Fsp3) is 0.812. The average molecular weight is 278 g/mol. The average Bonchev–Trinajstić information content (AvgIpc) is 2.58. The minimum Gasteiger partial charge on any atom is -0.314 e. The molecule has 0 aromatic carbocycles. The van der Waals surface area contributed by atoms with Crippen molar-refractivity contribution in [2.45, 2.75) is 52.1 Å². The highest BCUT2D eigenvalue weighted by atomic mass is 15.3. The number of likely N-dealkylation sites (tertiary alicyclic amines) is 1. The Labute approximate surface area is 123 Å². The Bertz CT molecular complexity index is 424. The van der Waals surface area contributed by atoms with Gasteiger partial charge in [-0.2, -0.15) is 5.10 Å². The van der Waals surface area contributed by atoms with E-state index >= 15 is 0 Å². The van der Waals surface area contributed by atoms with Crippen LogP contribution in [-0.4, -0.2) is 40.9 Å². The van der Waals surface area contributed by atoms with Gasteiger partial charge in [0.1, 0.15) is 0 Å². The molecule has 0 aliphatic carbocycles. The van der Waals surface area contributed by atoms with Gasteiger partial charge in [0.15, 0.2) is 0 Å². The Kier molecular flexibility index (Phi) is 5.22. The third kappa shape index (κ3) is 3.61. The summed E-state index contributed by atoms with van der Waals surface area (Å²) in [6.07, 6.45) is 6.17. The van der Waals surface area contributed by atoms with Crippen LogP contribution in [-0.2, 0) is 7.05 Å². The fourth-order valence-electron chi connectivity index (χ4n) is 3.43. The van der Waals surface area contributed by atoms with Gasteiger partial charge in [0.25, 0.3) is 0 Å². The Balaban J connectivity index is 2.23. The van der Waals surface area contributed by atoms with E-state index in [-0.39, 0.29) is 0 Å². The molecule has 1 aromatic rings. The summed E-state index contributed by atoms with van der Waals surface area (Å²) >= 11 is 0. The summed E-state index contributed by atoms with van der Waals surface area (Å²) in [5, 5.41) is 8.19. The highest BCUT2D eigenvalue weighted by Crippen LogP contribution is 2.35. The normalized spacial score (nSPS) is 25.1. The van der Waals surface area contributed by atoms with Crippen LogP contribution >= 0.6 is 0 Å². The van der Waals surface area contributed by atoms with Gasteiger partial charge in [0, 0.05) is 37.4 Å². The molecule has 1 fully saturated rings. The van der Waals surface area contributed by atoms with E-state index < -0.39 is 0 Å². The van der Waals surface area contributed by atoms with Gasteiger partial charge in [0.05, 0.1) is 5.69 Å². The second kappa shape index (κ2) is 6.72. The molecule has 114 valence electrons. The summed E-state index contributed by atoms with van der Waals surface area (Å²) < 4.78 is 1.95. The van der Waals surface area contributed by atoms with Crippen molar-refractivity contribution in [2.75, 3.05) is 20.1 Å². The van der Waals surface area contributed by atoms with Crippen LogP contribution in [0.5, 0.6) is 0 Å². The van der Waals surface area contributed by atoms with E-state index in [9.17, 15) is 0 Å². The Morgan fingerprint density at radius 2 is 2.10 bits per heavy atom. The lowest BCUT2D eigenvalue weighted by Gasteiger charge is -2.33. The van der Waals surface area contributed by atoms with Crippen molar-refractivity contribution in [1.82, 2.24) is 20.0 Å². The molecular weight excluding hydrogens is 248 g/mol. The molecule has 2 rings (SSSR count). The number of aryl methyl sites for hydroxylation is 2. The fourth-order valence-corrected chi connectivity index (χ4v) is 3.43. The molecule has 2 heterocycles. The van der Waals surface area contributed by atoms with Crippen LogP contribution < -0.4 is 5.32 Å². The minimum atomic E-state index is 0.498. The molecule has 0 bridgehead atoms. The first-order chi connectivity index (χ1) is 9.49. The summed E-state index contributed by atoms with van der Waals surface area (Å²) in [5.74, 6) is 0.674. The summed E-state index contributed by atoms with van der Waals surface area (Å²) in [6.45, 7) is 8.88. The van der Waals surface area contributed by atoms with Crippen molar-refractivity contribution in [1.29, 1.82) is 0 Å². The second-order valence-electron chi connectivity index (χ2n) is 6.59. The van der Waals surface area contributed by atoms with E-state index in [1.165, 1.54) is 37.1 Å². The van der Waals surface area contributed by atoms with Gasteiger partial charge in [-0.05, 0) is 39.3 Å². The number of nitrogens with one attached hydrogen (secondary N) is 1. The molecule has 2 atom stereocenters. The summed E-state index contributed by atoms with van der Waals surface area (Å²) in [6, 6.07) is 1.05. The van der Waals surface area contributed by atoms with Crippen LogP contribution in [0.4, 0.5) is 0 Å². The Hall–Kier alpha value is -0.870. The van der Waals surface area contributed by atoms with E-state index in [4.69, 9.17) is 0 Å². The number of hydrogen-bond acceptors (Lipinski definition) is 3. The quantitative estimate of drug-likeness (QED) is 0.918. The lowest BCUT2D eigenvalue weighted by molar-refractivity contribution is 0.186. The van der Waals surface area contributed by atoms with Crippen molar-refractivity contribution < 1.29 is 0 Å². The maximum atomic E-state index is 4.55. The SMILES string of the molecule is Cc1nn(C)cc1C1C(CNC(C)C)CCCCN1C. The Morgan fingerprint density at radius 3 is 2.70 bits per heavy atom. The predicted octanol–water partition coefficient (Wildman–Crippen LogP) is 2.50. The van der Waals surface area contributed by atoms with Crippen molar-refractivity contribution >= 4 is 0 Å². The lowest BCUT2D eigenvalue weighted by atomic mass is 9.89. The molecule has 2 unspecified atom stereocenters. The van der Waals surface area contributed by atoms with Gasteiger partial charge in [-0.25, -0.2) is 0 Å². The summed E-state index contributed by atoms with van der Waals surface area (Å²) in [5.41, 5.74) is 2.59. The zero-order valence-corrected chi connectivity index (χ0v) is 13.7. The molecule has 4 heteroatoms. The number of aromatic nitrogens is 2. The van der Waals surface area contributed by atoms with Crippen molar-refractivity contribution in [3.63, 3.8) is 0 Å². The molecule has 0 amide bonds. The maximum absolute atomic E-state index is 4.55. The summed E-state index contributed by atoms with van der Waals surface area (Å²) in [7, 11) is 4.29.